The third kappa shape index (κ3) is 6.72. The number of hydrogen-bond donors (Lipinski definition) is 2. The van der Waals surface area contributed by atoms with Crippen molar-refractivity contribution in [2.45, 2.75) is 40.5 Å². The molecule has 0 spiro atoms. The monoisotopic (exact) mass is 478 g/mol. The minimum atomic E-state index is -0.421. The number of nitrogens with one attached hydrogen (secondary N) is 2. The lowest BCUT2D eigenvalue weighted by atomic mass is 10.00. The van der Waals surface area contributed by atoms with E-state index in [1.807, 2.05) is 19.2 Å². The van der Waals surface area contributed by atoms with Crippen LogP contribution in [-0.2, 0) is 16.0 Å². The number of allylic oxidation sites excluding steroid dienone is 3. The van der Waals surface area contributed by atoms with Gasteiger partial charge in [0.05, 0.1) is 5.70 Å². The molecular formula is C28H35FN4O2. The summed E-state index contributed by atoms with van der Waals surface area (Å²) in [7, 11) is 0. The first-order chi connectivity index (χ1) is 16.7. The van der Waals surface area contributed by atoms with Crippen molar-refractivity contribution in [1.82, 2.24) is 10.2 Å². The summed E-state index contributed by atoms with van der Waals surface area (Å²) in [5.74, 6) is 0.825. The summed E-state index contributed by atoms with van der Waals surface area (Å²) in [6.45, 7) is 18.7. The smallest absolute Gasteiger partial charge is 0.134 e. The number of rotatable bonds is 9. The Hall–Kier alpha value is -3.61. The molecule has 0 fully saturated rings. The summed E-state index contributed by atoms with van der Waals surface area (Å²) in [5, 5.41) is 6.46. The summed E-state index contributed by atoms with van der Waals surface area (Å²) in [6.07, 6.45) is 4.66. The molecule has 0 amide bonds. The van der Waals surface area contributed by atoms with Crippen molar-refractivity contribution in [3.8, 4) is 0 Å². The van der Waals surface area contributed by atoms with Gasteiger partial charge < -0.3 is 20.3 Å². The van der Waals surface area contributed by atoms with E-state index < -0.39 is 5.82 Å². The van der Waals surface area contributed by atoms with Gasteiger partial charge in [0.1, 0.15) is 29.8 Å². The first kappa shape index (κ1) is 26.0. The highest BCUT2D eigenvalue weighted by atomic mass is 19.1. The molecule has 2 heterocycles. The lowest BCUT2D eigenvalue weighted by molar-refractivity contribution is -0.116. The maximum absolute atomic E-state index is 14.2. The number of carbonyl (C=O) groups is 1. The molecule has 0 radical (unpaired) electrons. The van der Waals surface area contributed by atoms with E-state index in [-0.39, 0.29) is 12.2 Å². The van der Waals surface area contributed by atoms with Crippen LogP contribution in [-0.4, -0.2) is 43.1 Å². The molecule has 0 saturated carbocycles. The van der Waals surface area contributed by atoms with Crippen LogP contribution in [0.5, 0.6) is 0 Å². The molecule has 7 heteroatoms. The summed E-state index contributed by atoms with van der Waals surface area (Å²) in [5.41, 5.74) is 6.55. The zero-order chi connectivity index (χ0) is 25.5. The molecule has 0 aliphatic carbocycles. The van der Waals surface area contributed by atoms with E-state index in [0.29, 0.717) is 23.7 Å². The molecule has 1 aromatic rings. The highest BCUT2D eigenvalue weighted by Gasteiger charge is 2.21. The van der Waals surface area contributed by atoms with Crippen molar-refractivity contribution in [1.29, 1.82) is 0 Å². The van der Waals surface area contributed by atoms with Crippen LogP contribution in [0.1, 0.15) is 39.7 Å². The van der Waals surface area contributed by atoms with Gasteiger partial charge in [0, 0.05) is 43.7 Å². The quantitative estimate of drug-likeness (QED) is 0.375. The molecule has 0 saturated heterocycles. The molecular weight excluding hydrogens is 443 g/mol. The van der Waals surface area contributed by atoms with Crippen molar-refractivity contribution in [3.63, 3.8) is 0 Å². The predicted molar refractivity (Wildman–Crippen MR) is 140 cm³/mol. The second-order valence-electron chi connectivity index (χ2n) is 8.91. The number of carbonyl (C=O) groups excluding carboxylic acids is 1. The van der Waals surface area contributed by atoms with E-state index in [2.05, 4.69) is 47.5 Å². The average molecular weight is 479 g/mol. The van der Waals surface area contributed by atoms with E-state index in [0.717, 1.165) is 54.4 Å². The minimum absolute atomic E-state index is 0.0777. The van der Waals surface area contributed by atoms with Crippen LogP contribution in [0.2, 0.25) is 0 Å². The highest BCUT2D eigenvalue weighted by molar-refractivity contribution is 5.81. The number of benzene rings is 1. The molecule has 3 rings (SSSR count). The third-order valence-corrected chi connectivity index (χ3v) is 6.15. The lowest BCUT2D eigenvalue weighted by Crippen LogP contribution is -2.33. The minimum Gasteiger partial charge on any atom is -0.494 e. The molecule has 2 N–H and O–H groups in total. The van der Waals surface area contributed by atoms with E-state index in [1.54, 1.807) is 12.1 Å². The van der Waals surface area contributed by atoms with Gasteiger partial charge in [0.2, 0.25) is 0 Å². The lowest BCUT2D eigenvalue weighted by Gasteiger charge is -2.33. The first-order valence-corrected chi connectivity index (χ1v) is 11.8. The van der Waals surface area contributed by atoms with Crippen molar-refractivity contribution < 1.29 is 13.9 Å². The van der Waals surface area contributed by atoms with Crippen LogP contribution in [0.3, 0.4) is 0 Å². The van der Waals surface area contributed by atoms with E-state index in [1.165, 1.54) is 18.6 Å². The fourth-order valence-electron chi connectivity index (χ4n) is 4.33. The van der Waals surface area contributed by atoms with Gasteiger partial charge in [-0.1, -0.05) is 19.2 Å². The van der Waals surface area contributed by atoms with E-state index >= 15 is 0 Å². The molecule has 186 valence electrons. The molecule has 6 nitrogen and oxygen atoms in total. The number of aliphatic imine (C=N–C) groups is 1. The fourth-order valence-corrected chi connectivity index (χ4v) is 4.33. The van der Waals surface area contributed by atoms with E-state index in [9.17, 15) is 9.18 Å². The number of Topliss-reactive ketones (excluding diaryl/α,β-unsaturated/α-hetero) is 1. The first-order valence-electron chi connectivity index (χ1n) is 11.8. The summed E-state index contributed by atoms with van der Waals surface area (Å²) < 4.78 is 19.9. The van der Waals surface area contributed by atoms with Crippen molar-refractivity contribution in [2.24, 2.45) is 4.99 Å². The predicted octanol–water partition coefficient (Wildman–Crippen LogP) is 5.24. The Kier molecular flexibility index (Phi) is 8.68. The maximum atomic E-state index is 14.2. The fraction of sp³-hybridized carbons (Fsp3) is 0.357. The molecule has 35 heavy (non-hydrogen) atoms. The topological polar surface area (TPSA) is 66.0 Å². The summed E-state index contributed by atoms with van der Waals surface area (Å²) in [4.78, 5) is 18.0. The van der Waals surface area contributed by atoms with E-state index in [4.69, 9.17) is 4.74 Å². The zero-order valence-electron chi connectivity index (χ0n) is 21.1. The van der Waals surface area contributed by atoms with Gasteiger partial charge in [-0.15, -0.1) is 0 Å². The number of halogens is 1. The molecule has 0 atom stereocenters. The second kappa shape index (κ2) is 11.7. The van der Waals surface area contributed by atoms with Crippen LogP contribution in [0.15, 0.2) is 82.1 Å². The van der Waals surface area contributed by atoms with Crippen LogP contribution in [0, 0.1) is 5.82 Å². The highest BCUT2D eigenvalue weighted by Crippen LogP contribution is 2.26. The second-order valence-corrected chi connectivity index (χ2v) is 8.91. The van der Waals surface area contributed by atoms with Crippen LogP contribution >= 0.6 is 0 Å². The Labute approximate surface area is 207 Å². The molecule has 0 aromatic heterocycles. The van der Waals surface area contributed by atoms with Crippen molar-refractivity contribution in [2.75, 3.05) is 31.6 Å². The van der Waals surface area contributed by atoms with Crippen molar-refractivity contribution >= 4 is 17.7 Å². The van der Waals surface area contributed by atoms with Gasteiger partial charge in [-0.05, 0) is 74.6 Å². The Morgan fingerprint density at radius 1 is 1.34 bits per heavy atom. The molecule has 1 aromatic carbocycles. The van der Waals surface area contributed by atoms with Gasteiger partial charge in [0.15, 0.2) is 0 Å². The molecule has 0 bridgehead atoms. The number of anilines is 1. The van der Waals surface area contributed by atoms with Gasteiger partial charge in [-0.3, -0.25) is 4.79 Å². The van der Waals surface area contributed by atoms with Gasteiger partial charge in [-0.25, -0.2) is 9.38 Å². The zero-order valence-corrected chi connectivity index (χ0v) is 21.1. The van der Waals surface area contributed by atoms with Gasteiger partial charge in [-0.2, -0.15) is 0 Å². The number of hydrogen-bond acceptors (Lipinski definition) is 6. The van der Waals surface area contributed by atoms with Gasteiger partial charge >= 0.3 is 0 Å². The molecule has 0 unspecified atom stereocenters. The third-order valence-electron chi connectivity index (χ3n) is 6.15. The Bertz CT molecular complexity index is 1140. The summed E-state index contributed by atoms with van der Waals surface area (Å²) in [6, 6.07) is 4.69. The van der Waals surface area contributed by atoms with Crippen molar-refractivity contribution in [3.05, 3.63) is 88.5 Å². The standard InChI is InChI=1S/C28H35FN4O2/c1-7-27(20(4)28-21(5)35-13-11-30-28)33-12-10-24(18(2)17-33)16-31-22(6)32-25-9-8-23(14-19(3)34)26(29)15-25/h7-9,15-16,30,32H,1,6,10-14,17H2,2-5H3/b27-20+,31-16-. The Morgan fingerprint density at radius 3 is 2.74 bits per heavy atom. The maximum Gasteiger partial charge on any atom is 0.134 e. The summed E-state index contributed by atoms with van der Waals surface area (Å²) >= 11 is 0. The number of ketones is 1. The van der Waals surface area contributed by atoms with Crippen LogP contribution in [0.25, 0.3) is 0 Å². The average Bonchev–Trinajstić information content (AvgIpc) is 2.81. The molecule has 2 aliphatic heterocycles. The Balaban J connectivity index is 1.67. The van der Waals surface area contributed by atoms with Gasteiger partial charge in [0.25, 0.3) is 0 Å². The number of nitrogens with zero attached hydrogens (tertiary/aromatic N) is 2. The van der Waals surface area contributed by atoms with Crippen LogP contribution in [0.4, 0.5) is 10.1 Å². The largest absolute Gasteiger partial charge is 0.494 e. The SMILES string of the molecule is C=C/C(=C(/C)C1=C(C)OCCN1)N1CCC(/C=N\C(=C)Nc2ccc(CC(C)=O)c(F)c2)=C(C)C1. The Morgan fingerprint density at radius 2 is 2.11 bits per heavy atom. The molecule has 2 aliphatic rings. The van der Waals surface area contributed by atoms with Crippen LogP contribution < -0.4 is 10.6 Å². The normalized spacial score (nSPS) is 17.1. The number of ether oxygens (including phenoxy) is 1.